The van der Waals surface area contributed by atoms with Crippen molar-refractivity contribution in [2.75, 3.05) is 24.5 Å². The largest absolute Gasteiger partial charge is 0.368 e. The second kappa shape index (κ2) is 7.97. The summed E-state index contributed by atoms with van der Waals surface area (Å²) < 4.78 is 54.6. The molecule has 2 aromatic rings. The molecular weight excluding hydrogens is 436 g/mol. The third-order valence-corrected chi connectivity index (χ3v) is 7.30. The van der Waals surface area contributed by atoms with Crippen LogP contribution < -0.4 is 15.5 Å². The Morgan fingerprint density at radius 2 is 1.88 bits per heavy atom. The van der Waals surface area contributed by atoms with Gasteiger partial charge in [-0.3, -0.25) is 9.78 Å². The zero-order valence-corrected chi connectivity index (χ0v) is 18.3. The zero-order chi connectivity index (χ0) is 23.4. The molecule has 1 saturated carbocycles. The number of carbonyl (C=O) groups is 1. The molecule has 0 radical (unpaired) electrons. The molecule has 5 nitrogen and oxygen atoms in total. The number of amides is 1. The van der Waals surface area contributed by atoms with Gasteiger partial charge in [-0.2, -0.15) is 0 Å². The van der Waals surface area contributed by atoms with Crippen LogP contribution in [0.4, 0.5) is 23.2 Å². The Bertz CT molecular complexity index is 1060. The van der Waals surface area contributed by atoms with Crippen LogP contribution >= 0.6 is 0 Å². The predicted molar refractivity (Wildman–Crippen MR) is 116 cm³/mol. The number of aromatic nitrogens is 1. The van der Waals surface area contributed by atoms with E-state index in [1.54, 1.807) is 6.92 Å². The van der Waals surface area contributed by atoms with Crippen molar-refractivity contribution in [1.82, 2.24) is 15.6 Å². The van der Waals surface area contributed by atoms with E-state index in [4.69, 9.17) is 0 Å². The third kappa shape index (κ3) is 4.18. The standard InChI is InChI=1S/C24H26F4N4O/c1-14(16-9-24(27,28)10-16)31-22(33)20-12-29-11-19(15-6-17(25)8-18(26)7-15)21(20)32-5-3-23(13-32)2-4-30-23/h6-8,11-12,14,16,30H,2-5,9-10,13H2,1H3,(H,31,33)/t14-,23?/m1/s1. The van der Waals surface area contributed by atoms with Gasteiger partial charge < -0.3 is 15.5 Å². The first kappa shape index (κ1) is 22.1. The number of nitrogens with one attached hydrogen (secondary N) is 2. The van der Waals surface area contributed by atoms with Crippen LogP contribution in [0.2, 0.25) is 0 Å². The topological polar surface area (TPSA) is 57.3 Å². The minimum absolute atomic E-state index is 0.0215. The molecule has 2 aliphatic heterocycles. The van der Waals surface area contributed by atoms with Gasteiger partial charge in [0, 0.05) is 61.5 Å². The predicted octanol–water partition coefficient (Wildman–Crippen LogP) is 4.13. The van der Waals surface area contributed by atoms with Crippen molar-refractivity contribution >= 4 is 11.6 Å². The van der Waals surface area contributed by atoms with Gasteiger partial charge in [-0.15, -0.1) is 0 Å². The molecule has 0 bridgehead atoms. The number of anilines is 1. The summed E-state index contributed by atoms with van der Waals surface area (Å²) in [5.41, 5.74) is 1.56. The fourth-order valence-corrected chi connectivity index (χ4v) is 5.23. The smallest absolute Gasteiger partial charge is 0.255 e. The van der Waals surface area contributed by atoms with Crippen molar-refractivity contribution in [2.45, 2.75) is 50.1 Å². The van der Waals surface area contributed by atoms with E-state index in [2.05, 4.69) is 20.5 Å². The Labute approximate surface area is 189 Å². The first-order valence-electron chi connectivity index (χ1n) is 11.3. The van der Waals surface area contributed by atoms with Crippen LogP contribution in [-0.2, 0) is 0 Å². The first-order chi connectivity index (χ1) is 15.6. The van der Waals surface area contributed by atoms with Crippen molar-refractivity contribution in [3.05, 3.63) is 47.8 Å². The molecule has 1 aromatic carbocycles. The summed E-state index contributed by atoms with van der Waals surface area (Å²) in [6.45, 7) is 3.99. The van der Waals surface area contributed by atoms with Gasteiger partial charge in [-0.1, -0.05) is 0 Å². The fraction of sp³-hybridized carbons (Fsp3) is 0.500. The molecule has 3 fully saturated rings. The number of carbonyl (C=O) groups excluding carboxylic acids is 1. The molecule has 3 aliphatic rings. The number of hydrogen-bond acceptors (Lipinski definition) is 4. The maximum Gasteiger partial charge on any atom is 0.255 e. The van der Waals surface area contributed by atoms with Gasteiger partial charge in [-0.25, -0.2) is 17.6 Å². The highest BCUT2D eigenvalue weighted by Gasteiger charge is 2.48. The Balaban J connectivity index is 1.50. The Morgan fingerprint density at radius 3 is 2.45 bits per heavy atom. The summed E-state index contributed by atoms with van der Waals surface area (Å²) in [6.07, 6.45) is 4.36. The molecule has 9 heteroatoms. The molecule has 1 aliphatic carbocycles. The van der Waals surface area contributed by atoms with Crippen molar-refractivity contribution < 1.29 is 22.4 Å². The van der Waals surface area contributed by atoms with E-state index in [0.29, 0.717) is 29.9 Å². The maximum absolute atomic E-state index is 14.0. The van der Waals surface area contributed by atoms with E-state index in [0.717, 1.165) is 25.5 Å². The Hall–Kier alpha value is -2.68. The van der Waals surface area contributed by atoms with E-state index in [9.17, 15) is 22.4 Å². The highest BCUT2D eigenvalue weighted by atomic mass is 19.3. The van der Waals surface area contributed by atoms with Crippen LogP contribution in [0.5, 0.6) is 0 Å². The summed E-state index contributed by atoms with van der Waals surface area (Å²) in [4.78, 5) is 19.5. The molecule has 2 atom stereocenters. The van der Waals surface area contributed by atoms with Crippen LogP contribution in [0.3, 0.4) is 0 Å². The molecule has 2 saturated heterocycles. The van der Waals surface area contributed by atoms with Gasteiger partial charge in [-0.05, 0) is 49.9 Å². The molecular formula is C24H26F4N4O. The van der Waals surface area contributed by atoms with E-state index in [1.165, 1.54) is 24.5 Å². The SMILES string of the molecule is C[C@@H](NC(=O)c1cncc(-c2cc(F)cc(F)c2)c1N1CCC2(CCN2)C1)C1CC(F)(F)C1. The third-order valence-electron chi connectivity index (χ3n) is 7.30. The van der Waals surface area contributed by atoms with Crippen LogP contribution in [-0.4, -0.2) is 48.0 Å². The summed E-state index contributed by atoms with van der Waals surface area (Å²) in [6, 6.07) is 2.81. The quantitative estimate of drug-likeness (QED) is 0.656. The van der Waals surface area contributed by atoms with Gasteiger partial charge in [0.2, 0.25) is 5.92 Å². The second-order valence-corrected chi connectivity index (χ2v) is 9.66. The average molecular weight is 462 g/mol. The number of rotatable bonds is 5. The maximum atomic E-state index is 14.0. The highest BCUT2D eigenvalue weighted by Crippen LogP contribution is 2.44. The monoisotopic (exact) mass is 462 g/mol. The van der Waals surface area contributed by atoms with Crippen molar-refractivity contribution in [1.29, 1.82) is 0 Å². The fourth-order valence-electron chi connectivity index (χ4n) is 5.23. The van der Waals surface area contributed by atoms with Gasteiger partial charge >= 0.3 is 0 Å². The summed E-state index contributed by atoms with van der Waals surface area (Å²) >= 11 is 0. The number of benzene rings is 1. The molecule has 1 amide bonds. The highest BCUT2D eigenvalue weighted by molar-refractivity contribution is 6.03. The van der Waals surface area contributed by atoms with E-state index in [1.807, 2.05) is 0 Å². The lowest BCUT2D eigenvalue weighted by atomic mass is 9.77. The van der Waals surface area contributed by atoms with Crippen LogP contribution in [0, 0.1) is 17.6 Å². The molecule has 1 spiro atoms. The second-order valence-electron chi connectivity index (χ2n) is 9.66. The summed E-state index contributed by atoms with van der Waals surface area (Å²) in [5.74, 6) is -4.83. The van der Waals surface area contributed by atoms with Crippen LogP contribution in [0.15, 0.2) is 30.6 Å². The Kier molecular flexibility index (Phi) is 5.34. The first-order valence-corrected chi connectivity index (χ1v) is 11.3. The van der Waals surface area contributed by atoms with Crippen molar-refractivity contribution in [2.24, 2.45) is 5.92 Å². The van der Waals surface area contributed by atoms with Gasteiger partial charge in [0.25, 0.3) is 5.91 Å². The molecule has 1 aromatic heterocycles. The number of alkyl halides is 2. The average Bonchev–Trinajstić information content (AvgIpc) is 3.16. The summed E-state index contributed by atoms with van der Waals surface area (Å²) in [5, 5.41) is 6.32. The number of pyridine rings is 1. The molecule has 3 heterocycles. The van der Waals surface area contributed by atoms with E-state index in [-0.39, 0.29) is 29.9 Å². The zero-order valence-electron chi connectivity index (χ0n) is 18.3. The van der Waals surface area contributed by atoms with Crippen molar-refractivity contribution in [3.8, 4) is 11.1 Å². The molecule has 2 N–H and O–H groups in total. The van der Waals surface area contributed by atoms with Gasteiger partial charge in [0.05, 0.1) is 11.3 Å². The lowest BCUT2D eigenvalue weighted by Gasteiger charge is -2.40. The number of nitrogens with zero attached hydrogens (tertiary/aromatic N) is 2. The molecule has 5 rings (SSSR count). The molecule has 33 heavy (non-hydrogen) atoms. The molecule has 1 unspecified atom stereocenters. The normalized spacial score (nSPS) is 24.9. The van der Waals surface area contributed by atoms with Crippen molar-refractivity contribution in [3.63, 3.8) is 0 Å². The molecule has 176 valence electrons. The van der Waals surface area contributed by atoms with Gasteiger partial charge in [0.15, 0.2) is 0 Å². The number of hydrogen-bond donors (Lipinski definition) is 2. The van der Waals surface area contributed by atoms with Crippen LogP contribution in [0.25, 0.3) is 11.1 Å². The Morgan fingerprint density at radius 1 is 1.18 bits per heavy atom. The van der Waals surface area contributed by atoms with E-state index < -0.39 is 29.5 Å². The minimum Gasteiger partial charge on any atom is -0.368 e. The minimum atomic E-state index is -2.67. The van der Waals surface area contributed by atoms with E-state index >= 15 is 0 Å². The van der Waals surface area contributed by atoms with Gasteiger partial charge in [0.1, 0.15) is 11.6 Å². The lowest BCUT2D eigenvalue weighted by Crippen LogP contribution is -2.58. The number of halogens is 4. The lowest BCUT2D eigenvalue weighted by molar-refractivity contribution is -0.117. The van der Waals surface area contributed by atoms with Crippen LogP contribution in [0.1, 0.15) is 43.0 Å². The summed E-state index contributed by atoms with van der Waals surface area (Å²) in [7, 11) is 0.